The molecule has 3 atom stereocenters. The van der Waals surface area contributed by atoms with Gasteiger partial charge in [-0.3, -0.25) is 9.59 Å². The summed E-state index contributed by atoms with van der Waals surface area (Å²) in [5.74, 6) is 1.44. The molecule has 2 N–H and O–H groups in total. The summed E-state index contributed by atoms with van der Waals surface area (Å²) in [7, 11) is 0. The molecule has 7 heteroatoms. The summed E-state index contributed by atoms with van der Waals surface area (Å²) in [4.78, 5) is 28.3. The Morgan fingerprint density at radius 3 is 2.71 bits per heavy atom. The number of H-pyrrole nitrogens is 1. The first kappa shape index (κ1) is 21.6. The smallest absolute Gasteiger partial charge is 0.288 e. The molecule has 3 aromatic rings. The van der Waals surface area contributed by atoms with E-state index in [1.807, 2.05) is 35.8 Å². The monoisotopic (exact) mass is 423 g/mol. The molecule has 1 saturated heterocycles. The number of fused-ring (bicyclic) bond motifs is 3. The van der Waals surface area contributed by atoms with Crippen LogP contribution in [0.2, 0.25) is 0 Å². The Hall–Kier alpha value is -2.67. The van der Waals surface area contributed by atoms with Gasteiger partial charge in [-0.05, 0) is 43.7 Å². The number of rotatable bonds is 7. The van der Waals surface area contributed by atoms with Crippen LogP contribution in [0.3, 0.4) is 0 Å². The second-order valence-corrected chi connectivity index (χ2v) is 9.12. The van der Waals surface area contributed by atoms with Crippen molar-refractivity contribution in [1.29, 1.82) is 0 Å². The summed E-state index contributed by atoms with van der Waals surface area (Å²) in [6.45, 7) is 10.6. The number of carbonyl (C=O) groups excluding carboxylic acids is 1. The fraction of sp³-hybridized carbons (Fsp3) is 0.542. The minimum Gasteiger partial charge on any atom is -0.354 e. The first-order valence-corrected chi connectivity index (χ1v) is 11.5. The maximum absolute atomic E-state index is 13.2. The predicted octanol–water partition coefficient (Wildman–Crippen LogP) is 3.31. The molecule has 1 aliphatic rings. The van der Waals surface area contributed by atoms with Crippen molar-refractivity contribution in [3.8, 4) is 0 Å². The number of para-hydroxylation sites is 1. The third-order valence-corrected chi connectivity index (χ3v) is 6.42. The zero-order valence-electron chi connectivity index (χ0n) is 18.7. The third kappa shape index (κ3) is 4.37. The maximum atomic E-state index is 13.2. The van der Waals surface area contributed by atoms with E-state index >= 15 is 0 Å². The number of benzene rings is 1. The van der Waals surface area contributed by atoms with Gasteiger partial charge in [0.1, 0.15) is 11.6 Å². The molecule has 1 amide bonds. The molecule has 0 aliphatic carbocycles. The zero-order chi connectivity index (χ0) is 22.0. The average Bonchev–Trinajstić information content (AvgIpc) is 3.07. The minimum absolute atomic E-state index is 0.0401. The van der Waals surface area contributed by atoms with E-state index in [0.29, 0.717) is 18.5 Å². The van der Waals surface area contributed by atoms with Crippen LogP contribution in [0.1, 0.15) is 46.1 Å². The Balaban J connectivity index is 1.49. The van der Waals surface area contributed by atoms with Crippen molar-refractivity contribution in [2.45, 2.75) is 46.1 Å². The molecule has 1 aromatic carbocycles. The molecular formula is C24H33N5O2. The van der Waals surface area contributed by atoms with Crippen molar-refractivity contribution in [3.63, 3.8) is 0 Å². The molecule has 0 bridgehead atoms. The van der Waals surface area contributed by atoms with Crippen LogP contribution in [-0.2, 0) is 4.79 Å². The number of carbonyl (C=O) groups is 1. The van der Waals surface area contributed by atoms with Gasteiger partial charge in [-0.15, -0.1) is 0 Å². The van der Waals surface area contributed by atoms with E-state index < -0.39 is 6.04 Å². The van der Waals surface area contributed by atoms with E-state index in [9.17, 15) is 9.59 Å². The van der Waals surface area contributed by atoms with Gasteiger partial charge in [-0.2, -0.15) is 5.10 Å². The lowest BCUT2D eigenvalue weighted by Crippen LogP contribution is -2.40. The zero-order valence-corrected chi connectivity index (χ0v) is 18.7. The predicted molar refractivity (Wildman–Crippen MR) is 124 cm³/mol. The van der Waals surface area contributed by atoms with Crippen molar-refractivity contribution >= 4 is 27.7 Å². The molecule has 31 heavy (non-hydrogen) atoms. The van der Waals surface area contributed by atoms with Crippen LogP contribution in [0.25, 0.3) is 21.8 Å². The Labute approximate surface area is 182 Å². The molecule has 0 saturated carbocycles. The first-order valence-electron chi connectivity index (χ1n) is 11.5. The second kappa shape index (κ2) is 9.22. The van der Waals surface area contributed by atoms with Crippen molar-refractivity contribution in [2.24, 2.45) is 11.8 Å². The van der Waals surface area contributed by atoms with Crippen LogP contribution in [-0.4, -0.2) is 51.8 Å². The highest BCUT2D eigenvalue weighted by Crippen LogP contribution is 2.30. The number of amides is 1. The van der Waals surface area contributed by atoms with E-state index in [0.717, 1.165) is 54.2 Å². The van der Waals surface area contributed by atoms with Crippen molar-refractivity contribution in [3.05, 3.63) is 40.8 Å². The van der Waals surface area contributed by atoms with Crippen LogP contribution >= 0.6 is 0 Å². The number of aromatic nitrogens is 3. The molecule has 0 radical (unpaired) electrons. The van der Waals surface area contributed by atoms with Gasteiger partial charge in [-0.25, -0.2) is 5.10 Å². The summed E-state index contributed by atoms with van der Waals surface area (Å²) in [6.07, 6.45) is 4.50. The fourth-order valence-corrected chi connectivity index (χ4v) is 5.28. The number of hydrogen-bond donors (Lipinski definition) is 2. The Bertz CT molecular complexity index is 1110. The quantitative estimate of drug-likeness (QED) is 0.571. The van der Waals surface area contributed by atoms with Gasteiger partial charge in [0, 0.05) is 30.4 Å². The lowest BCUT2D eigenvalue weighted by atomic mass is 9.92. The molecule has 1 aliphatic heterocycles. The highest BCUT2D eigenvalue weighted by atomic mass is 16.2. The van der Waals surface area contributed by atoms with Crippen LogP contribution in [0.5, 0.6) is 0 Å². The molecule has 1 fully saturated rings. The highest BCUT2D eigenvalue weighted by molar-refractivity contribution is 6.08. The summed E-state index contributed by atoms with van der Waals surface area (Å²) in [6, 6.07) is 7.37. The van der Waals surface area contributed by atoms with Gasteiger partial charge >= 0.3 is 0 Å². The van der Waals surface area contributed by atoms with Crippen molar-refractivity contribution in [1.82, 2.24) is 25.0 Å². The van der Waals surface area contributed by atoms with Gasteiger partial charge in [0.05, 0.1) is 11.7 Å². The lowest BCUT2D eigenvalue weighted by molar-refractivity contribution is -0.124. The molecule has 3 heterocycles. The minimum atomic E-state index is -0.444. The number of likely N-dealkylation sites (tertiary alicyclic amines) is 1. The number of hydrogen-bond acceptors (Lipinski definition) is 4. The first-order chi connectivity index (χ1) is 15.0. The second-order valence-electron chi connectivity index (χ2n) is 9.12. The summed E-state index contributed by atoms with van der Waals surface area (Å²) >= 11 is 0. The van der Waals surface area contributed by atoms with Crippen LogP contribution in [0.15, 0.2) is 35.3 Å². The largest absolute Gasteiger partial charge is 0.354 e. The van der Waals surface area contributed by atoms with Gasteiger partial charge < -0.3 is 14.8 Å². The molecular weight excluding hydrogens is 390 g/mol. The molecule has 0 unspecified atom stereocenters. The van der Waals surface area contributed by atoms with E-state index in [4.69, 9.17) is 0 Å². The van der Waals surface area contributed by atoms with Gasteiger partial charge in [0.2, 0.25) is 5.91 Å². The maximum Gasteiger partial charge on any atom is 0.288 e. The fourth-order valence-electron chi connectivity index (χ4n) is 5.28. The third-order valence-electron chi connectivity index (χ3n) is 6.42. The van der Waals surface area contributed by atoms with Crippen molar-refractivity contribution in [2.75, 3.05) is 26.2 Å². The Morgan fingerprint density at radius 1 is 1.23 bits per heavy atom. The lowest BCUT2D eigenvalue weighted by Gasteiger charge is -2.35. The van der Waals surface area contributed by atoms with Gasteiger partial charge in [0.25, 0.3) is 5.56 Å². The molecule has 0 spiro atoms. The molecule has 7 nitrogen and oxygen atoms in total. The van der Waals surface area contributed by atoms with E-state index in [1.54, 1.807) is 6.20 Å². The molecule has 4 rings (SSSR count). The number of nitrogens with zero attached hydrogens (tertiary/aromatic N) is 3. The number of piperidine rings is 1. The standard InChI is InChI=1S/C24H33N5O2/c1-4-20(23(30)25-10-7-11-28-14-16(2)12-17(3)15-28)29-21-9-6-5-8-18(21)19-13-26-27-24(31)22(19)29/h5-6,8-9,13,16-17,20H,4,7,10-12,14-15H2,1-3H3,(H,25,30)(H,27,31)/t16-,17-,20-/m1/s1. The topological polar surface area (TPSA) is 83.0 Å². The van der Waals surface area contributed by atoms with Crippen LogP contribution in [0, 0.1) is 11.8 Å². The summed E-state index contributed by atoms with van der Waals surface area (Å²) in [5, 5.41) is 11.3. The van der Waals surface area contributed by atoms with E-state index in [1.165, 1.54) is 6.42 Å². The average molecular weight is 424 g/mol. The molecule has 166 valence electrons. The normalized spacial score (nSPS) is 20.9. The van der Waals surface area contributed by atoms with Gasteiger partial charge in [-0.1, -0.05) is 39.0 Å². The van der Waals surface area contributed by atoms with E-state index in [-0.39, 0.29) is 11.5 Å². The number of aromatic amines is 1. The van der Waals surface area contributed by atoms with E-state index in [2.05, 4.69) is 34.3 Å². The van der Waals surface area contributed by atoms with Crippen LogP contribution < -0.4 is 10.9 Å². The Morgan fingerprint density at radius 2 is 1.97 bits per heavy atom. The SMILES string of the molecule is CC[C@H](C(=O)NCCCN1C[C@H](C)C[C@@H](C)C1)n1c2ccccc2c2cn[nH]c(=O)c21. The Kier molecular flexibility index (Phi) is 6.41. The molecule has 2 aromatic heterocycles. The highest BCUT2D eigenvalue weighted by Gasteiger charge is 2.25. The number of nitrogens with one attached hydrogen (secondary N) is 2. The van der Waals surface area contributed by atoms with Crippen LogP contribution in [0.4, 0.5) is 0 Å². The van der Waals surface area contributed by atoms with Gasteiger partial charge in [0.15, 0.2) is 0 Å². The van der Waals surface area contributed by atoms with Crippen molar-refractivity contribution < 1.29 is 4.79 Å². The summed E-state index contributed by atoms with van der Waals surface area (Å²) < 4.78 is 1.88. The summed E-state index contributed by atoms with van der Waals surface area (Å²) in [5.41, 5.74) is 1.12.